The number of benzene rings is 1. The van der Waals surface area contributed by atoms with E-state index in [9.17, 15) is 9.90 Å². The lowest BCUT2D eigenvalue weighted by Gasteiger charge is -2.25. The first-order valence-electron chi connectivity index (χ1n) is 5.59. The van der Waals surface area contributed by atoms with Crippen LogP contribution in [0.5, 0.6) is 0 Å². The fourth-order valence-corrected chi connectivity index (χ4v) is 2.40. The van der Waals surface area contributed by atoms with Crippen LogP contribution in [-0.4, -0.2) is 11.1 Å². The largest absolute Gasteiger partial charge is 0.481 e. The summed E-state index contributed by atoms with van der Waals surface area (Å²) in [5, 5.41) is 9.24. The van der Waals surface area contributed by atoms with E-state index >= 15 is 0 Å². The number of carboxylic acid groups (broad SMARTS) is 1. The topological polar surface area (TPSA) is 63.3 Å². The maximum absolute atomic E-state index is 11.3. The zero-order valence-corrected chi connectivity index (χ0v) is 11.9. The molecule has 0 aliphatic heterocycles. The molecule has 0 radical (unpaired) electrons. The average molecular weight is 300 g/mol. The molecule has 2 atom stereocenters. The molecular weight excluding hydrogens is 282 g/mol. The summed E-state index contributed by atoms with van der Waals surface area (Å²) in [5.74, 6) is -1.41. The molecule has 1 rings (SSSR count). The molecule has 0 saturated heterocycles. The second-order valence-electron chi connectivity index (χ2n) is 4.63. The van der Waals surface area contributed by atoms with Crippen LogP contribution in [0.2, 0.25) is 0 Å². The van der Waals surface area contributed by atoms with Gasteiger partial charge in [-0.15, -0.1) is 0 Å². The van der Waals surface area contributed by atoms with Crippen LogP contribution >= 0.6 is 15.9 Å². The van der Waals surface area contributed by atoms with Gasteiger partial charge in [0.25, 0.3) is 0 Å². The normalized spacial score (nSPS) is 14.7. The van der Waals surface area contributed by atoms with Gasteiger partial charge >= 0.3 is 5.97 Å². The molecule has 0 saturated carbocycles. The lowest BCUT2D eigenvalue weighted by Crippen LogP contribution is -2.32. The molecule has 0 aliphatic rings. The highest BCUT2D eigenvalue weighted by molar-refractivity contribution is 9.10. The van der Waals surface area contributed by atoms with E-state index in [0.29, 0.717) is 0 Å². The second kappa shape index (κ2) is 5.65. The standard InChI is InChI=1S/C13H18BrNO2/c1-7(2)11(13(16)17)12(15)10-6-9(14)5-4-8(10)3/h4-7,11-12H,15H2,1-3H3,(H,16,17). The number of carbonyl (C=O) groups is 1. The molecular formula is C13H18BrNO2. The van der Waals surface area contributed by atoms with Crippen LogP contribution in [0.25, 0.3) is 0 Å². The number of hydrogen-bond acceptors (Lipinski definition) is 2. The molecule has 3 N–H and O–H groups in total. The number of aliphatic carboxylic acids is 1. The molecule has 94 valence electrons. The van der Waals surface area contributed by atoms with Crippen molar-refractivity contribution in [3.63, 3.8) is 0 Å². The van der Waals surface area contributed by atoms with Crippen molar-refractivity contribution in [3.8, 4) is 0 Å². The zero-order valence-electron chi connectivity index (χ0n) is 10.3. The number of nitrogens with two attached hydrogens (primary N) is 1. The molecule has 0 fully saturated rings. The zero-order chi connectivity index (χ0) is 13.2. The molecule has 0 spiro atoms. The lowest BCUT2D eigenvalue weighted by molar-refractivity contribution is -0.144. The molecule has 0 aliphatic carbocycles. The maximum Gasteiger partial charge on any atom is 0.308 e. The van der Waals surface area contributed by atoms with Gasteiger partial charge in [0.15, 0.2) is 0 Å². The first-order valence-corrected chi connectivity index (χ1v) is 6.38. The van der Waals surface area contributed by atoms with E-state index in [0.717, 1.165) is 15.6 Å². The third-order valence-corrected chi connectivity index (χ3v) is 3.48. The summed E-state index contributed by atoms with van der Waals surface area (Å²) in [6, 6.07) is 5.29. The molecule has 0 amide bonds. The molecule has 17 heavy (non-hydrogen) atoms. The monoisotopic (exact) mass is 299 g/mol. The highest BCUT2D eigenvalue weighted by atomic mass is 79.9. The molecule has 0 heterocycles. The number of carboxylic acids is 1. The second-order valence-corrected chi connectivity index (χ2v) is 5.55. The summed E-state index contributed by atoms with van der Waals surface area (Å²) in [5.41, 5.74) is 8.02. The summed E-state index contributed by atoms with van der Waals surface area (Å²) >= 11 is 3.38. The maximum atomic E-state index is 11.3. The number of hydrogen-bond donors (Lipinski definition) is 2. The highest BCUT2D eigenvalue weighted by Crippen LogP contribution is 2.30. The van der Waals surface area contributed by atoms with Crippen LogP contribution in [0.15, 0.2) is 22.7 Å². The smallest absolute Gasteiger partial charge is 0.308 e. The minimum Gasteiger partial charge on any atom is -0.481 e. The fourth-order valence-electron chi connectivity index (χ4n) is 2.02. The Balaban J connectivity index is 3.13. The van der Waals surface area contributed by atoms with Crippen LogP contribution in [0.3, 0.4) is 0 Å². The van der Waals surface area contributed by atoms with Gasteiger partial charge in [0.2, 0.25) is 0 Å². The van der Waals surface area contributed by atoms with Gasteiger partial charge in [-0.2, -0.15) is 0 Å². The highest BCUT2D eigenvalue weighted by Gasteiger charge is 2.30. The predicted octanol–water partition coefficient (Wildman–Crippen LogP) is 3.11. The SMILES string of the molecule is Cc1ccc(Br)cc1C(N)C(C(=O)O)C(C)C. The number of halogens is 1. The molecule has 3 nitrogen and oxygen atoms in total. The minimum atomic E-state index is -0.841. The van der Waals surface area contributed by atoms with Crippen molar-refractivity contribution in [2.75, 3.05) is 0 Å². The van der Waals surface area contributed by atoms with Gasteiger partial charge in [-0.05, 0) is 36.1 Å². The Morgan fingerprint density at radius 3 is 2.47 bits per heavy atom. The first-order chi connectivity index (χ1) is 7.84. The van der Waals surface area contributed by atoms with Crippen LogP contribution in [0.4, 0.5) is 0 Å². The van der Waals surface area contributed by atoms with Crippen molar-refractivity contribution in [2.45, 2.75) is 26.8 Å². The molecule has 4 heteroatoms. The van der Waals surface area contributed by atoms with Crippen LogP contribution in [-0.2, 0) is 4.79 Å². The van der Waals surface area contributed by atoms with Gasteiger partial charge in [-0.1, -0.05) is 35.8 Å². The van der Waals surface area contributed by atoms with Crippen LogP contribution < -0.4 is 5.73 Å². The molecule has 0 aromatic heterocycles. The Bertz CT molecular complexity index is 418. The van der Waals surface area contributed by atoms with E-state index in [1.807, 2.05) is 39.0 Å². The summed E-state index contributed by atoms with van der Waals surface area (Å²) < 4.78 is 0.918. The predicted molar refractivity (Wildman–Crippen MR) is 71.8 cm³/mol. The Labute approximate surface area is 110 Å². The third-order valence-electron chi connectivity index (χ3n) is 2.99. The number of rotatable bonds is 4. The van der Waals surface area contributed by atoms with Gasteiger partial charge in [0.1, 0.15) is 0 Å². The van der Waals surface area contributed by atoms with Gasteiger partial charge < -0.3 is 10.8 Å². The molecule has 0 bridgehead atoms. The van der Waals surface area contributed by atoms with E-state index in [1.54, 1.807) is 0 Å². The van der Waals surface area contributed by atoms with E-state index in [2.05, 4.69) is 15.9 Å². The van der Waals surface area contributed by atoms with Crippen LogP contribution in [0.1, 0.15) is 31.0 Å². The Morgan fingerprint density at radius 1 is 1.41 bits per heavy atom. The summed E-state index contributed by atoms with van der Waals surface area (Å²) in [6.45, 7) is 5.71. The summed E-state index contributed by atoms with van der Waals surface area (Å²) in [4.78, 5) is 11.3. The Hall–Kier alpha value is -0.870. The molecule has 1 aromatic carbocycles. The fraction of sp³-hybridized carbons (Fsp3) is 0.462. The quantitative estimate of drug-likeness (QED) is 0.898. The van der Waals surface area contributed by atoms with Gasteiger partial charge in [0, 0.05) is 10.5 Å². The van der Waals surface area contributed by atoms with Gasteiger partial charge in [0.05, 0.1) is 5.92 Å². The van der Waals surface area contributed by atoms with Crippen molar-refractivity contribution in [1.82, 2.24) is 0 Å². The van der Waals surface area contributed by atoms with E-state index in [4.69, 9.17) is 5.73 Å². The lowest BCUT2D eigenvalue weighted by atomic mass is 9.84. The Kier molecular flexibility index (Phi) is 4.71. The van der Waals surface area contributed by atoms with E-state index < -0.39 is 17.9 Å². The summed E-state index contributed by atoms with van der Waals surface area (Å²) in [6.07, 6.45) is 0. The first kappa shape index (κ1) is 14.2. The number of aryl methyl sites for hydroxylation is 1. The van der Waals surface area contributed by atoms with Crippen LogP contribution in [0, 0.1) is 18.8 Å². The van der Waals surface area contributed by atoms with Crippen molar-refractivity contribution < 1.29 is 9.90 Å². The third kappa shape index (κ3) is 3.30. The minimum absolute atomic E-state index is 0.000816. The van der Waals surface area contributed by atoms with E-state index in [-0.39, 0.29) is 5.92 Å². The average Bonchev–Trinajstić information content (AvgIpc) is 2.20. The molecule has 2 unspecified atom stereocenters. The van der Waals surface area contributed by atoms with E-state index in [1.165, 1.54) is 0 Å². The Morgan fingerprint density at radius 2 is 2.00 bits per heavy atom. The summed E-state index contributed by atoms with van der Waals surface area (Å²) in [7, 11) is 0. The van der Waals surface area contributed by atoms with Gasteiger partial charge in [-0.25, -0.2) is 0 Å². The molecule has 1 aromatic rings. The van der Waals surface area contributed by atoms with Crippen molar-refractivity contribution in [3.05, 3.63) is 33.8 Å². The van der Waals surface area contributed by atoms with Crippen molar-refractivity contribution >= 4 is 21.9 Å². The van der Waals surface area contributed by atoms with Gasteiger partial charge in [-0.3, -0.25) is 4.79 Å². The van der Waals surface area contributed by atoms with Crippen molar-refractivity contribution in [2.24, 2.45) is 17.6 Å². The van der Waals surface area contributed by atoms with Crippen molar-refractivity contribution in [1.29, 1.82) is 0 Å².